The summed E-state index contributed by atoms with van der Waals surface area (Å²) < 4.78 is 2.09. The van der Waals surface area contributed by atoms with E-state index in [1.807, 2.05) is 42.5 Å². The predicted molar refractivity (Wildman–Crippen MR) is 141 cm³/mol. The Hall–Kier alpha value is -2.67. The molecule has 1 N–H and O–H groups in total. The van der Waals surface area contributed by atoms with Crippen molar-refractivity contribution in [2.45, 2.75) is 45.3 Å². The summed E-state index contributed by atoms with van der Waals surface area (Å²) in [6.07, 6.45) is 1.97. The molecule has 5 nitrogen and oxygen atoms in total. The zero-order valence-electron chi connectivity index (χ0n) is 19.5. The number of fused-ring (bicyclic) bond motifs is 1. The third-order valence-corrected chi connectivity index (χ3v) is 7.79. The molecule has 7 heteroatoms. The highest BCUT2D eigenvalue weighted by Gasteiger charge is 2.24. The van der Waals surface area contributed by atoms with Gasteiger partial charge in [0.2, 0.25) is 0 Å². The number of para-hydroxylation sites is 1. The Balaban J connectivity index is 1.37. The molecule has 1 fully saturated rings. The zero-order chi connectivity index (χ0) is 23.7. The Bertz CT molecular complexity index is 1290. The van der Waals surface area contributed by atoms with E-state index in [1.165, 1.54) is 0 Å². The van der Waals surface area contributed by atoms with Crippen LogP contribution in [0.2, 0.25) is 5.02 Å². The lowest BCUT2D eigenvalue weighted by atomic mass is 10.0. The van der Waals surface area contributed by atoms with Gasteiger partial charge in [0.25, 0.3) is 5.91 Å². The van der Waals surface area contributed by atoms with Crippen LogP contribution in [0.15, 0.2) is 60.0 Å². The minimum absolute atomic E-state index is 0.00708. The van der Waals surface area contributed by atoms with Crippen molar-refractivity contribution in [2.75, 3.05) is 13.1 Å². The van der Waals surface area contributed by atoms with Gasteiger partial charge in [-0.1, -0.05) is 41.9 Å². The summed E-state index contributed by atoms with van der Waals surface area (Å²) in [5.74, 6) is -0.00708. The van der Waals surface area contributed by atoms with E-state index in [0.29, 0.717) is 23.3 Å². The summed E-state index contributed by atoms with van der Waals surface area (Å²) in [7, 11) is 0. The molecule has 0 bridgehead atoms. The van der Waals surface area contributed by atoms with Gasteiger partial charge in [-0.25, -0.2) is 4.98 Å². The highest BCUT2D eigenvalue weighted by molar-refractivity contribution is 7.13. The number of piperidine rings is 1. The number of aromatic nitrogens is 2. The quantitative estimate of drug-likeness (QED) is 0.355. The van der Waals surface area contributed by atoms with Crippen molar-refractivity contribution in [2.24, 2.45) is 0 Å². The molecule has 2 aromatic carbocycles. The first-order valence-corrected chi connectivity index (χ1v) is 13.1. The number of thiazole rings is 1. The fourth-order valence-corrected chi connectivity index (χ4v) is 5.60. The molecular weight excluding hydrogens is 464 g/mol. The minimum Gasteiger partial charge on any atom is -0.348 e. The SMILES string of the molecule is CC(C)N1CCC(NC(=O)c2cc3ccccc3n2Cc2csc(-c3ccc(Cl)cc3)n2)CC1. The number of amides is 1. The van der Waals surface area contributed by atoms with Crippen molar-refractivity contribution in [3.05, 3.63) is 76.4 Å². The fraction of sp³-hybridized carbons (Fsp3) is 0.333. The molecule has 1 saturated heterocycles. The second-order valence-corrected chi connectivity index (χ2v) is 10.5. The van der Waals surface area contributed by atoms with Crippen LogP contribution in [0.5, 0.6) is 0 Å². The third-order valence-electron chi connectivity index (χ3n) is 6.60. The van der Waals surface area contributed by atoms with Crippen molar-refractivity contribution >= 4 is 39.7 Å². The third kappa shape index (κ3) is 4.90. The zero-order valence-corrected chi connectivity index (χ0v) is 21.1. The highest BCUT2D eigenvalue weighted by Crippen LogP contribution is 2.27. The number of carbonyl (C=O) groups excluding carboxylic acids is 1. The van der Waals surface area contributed by atoms with E-state index in [-0.39, 0.29) is 11.9 Å². The fourth-order valence-electron chi connectivity index (χ4n) is 4.66. The maximum atomic E-state index is 13.4. The van der Waals surface area contributed by atoms with Crippen LogP contribution in [-0.2, 0) is 6.54 Å². The normalized spacial score (nSPS) is 15.3. The van der Waals surface area contributed by atoms with Gasteiger partial charge in [-0.15, -0.1) is 11.3 Å². The van der Waals surface area contributed by atoms with E-state index >= 15 is 0 Å². The number of hydrogen-bond acceptors (Lipinski definition) is 4. The second-order valence-electron chi connectivity index (χ2n) is 9.20. The van der Waals surface area contributed by atoms with Crippen LogP contribution >= 0.6 is 22.9 Å². The van der Waals surface area contributed by atoms with Crippen LogP contribution in [0.3, 0.4) is 0 Å². The average Bonchev–Trinajstić information content (AvgIpc) is 3.45. The summed E-state index contributed by atoms with van der Waals surface area (Å²) in [4.78, 5) is 20.7. The molecule has 1 aliphatic rings. The van der Waals surface area contributed by atoms with E-state index < -0.39 is 0 Å². The first-order chi connectivity index (χ1) is 16.5. The number of carbonyl (C=O) groups is 1. The van der Waals surface area contributed by atoms with Crippen molar-refractivity contribution < 1.29 is 4.79 Å². The number of benzene rings is 2. The number of nitrogens with one attached hydrogen (secondary N) is 1. The lowest BCUT2D eigenvalue weighted by molar-refractivity contribution is 0.0892. The lowest BCUT2D eigenvalue weighted by Gasteiger charge is -2.34. The van der Waals surface area contributed by atoms with E-state index in [2.05, 4.69) is 46.1 Å². The highest BCUT2D eigenvalue weighted by atomic mass is 35.5. The number of halogens is 1. The molecule has 0 spiro atoms. The first kappa shape index (κ1) is 23.1. The maximum absolute atomic E-state index is 13.4. The topological polar surface area (TPSA) is 50.2 Å². The van der Waals surface area contributed by atoms with E-state index in [1.54, 1.807) is 11.3 Å². The first-order valence-electron chi connectivity index (χ1n) is 11.8. The maximum Gasteiger partial charge on any atom is 0.268 e. The molecule has 0 unspecified atom stereocenters. The van der Waals surface area contributed by atoms with Crippen LogP contribution < -0.4 is 5.32 Å². The number of likely N-dealkylation sites (tertiary alicyclic amines) is 1. The van der Waals surface area contributed by atoms with Crippen LogP contribution in [-0.4, -0.2) is 45.5 Å². The Kier molecular flexibility index (Phi) is 6.73. The van der Waals surface area contributed by atoms with Gasteiger partial charge in [0, 0.05) is 52.0 Å². The number of rotatable bonds is 6. The molecule has 0 atom stereocenters. The monoisotopic (exact) mass is 492 g/mol. The molecule has 0 saturated carbocycles. The van der Waals surface area contributed by atoms with Crippen molar-refractivity contribution in [3.63, 3.8) is 0 Å². The van der Waals surface area contributed by atoms with E-state index in [9.17, 15) is 4.79 Å². The van der Waals surface area contributed by atoms with Crippen molar-refractivity contribution in [1.82, 2.24) is 19.8 Å². The molecular formula is C27H29ClN4OS. The average molecular weight is 493 g/mol. The smallest absolute Gasteiger partial charge is 0.268 e. The molecule has 5 rings (SSSR count). The summed E-state index contributed by atoms with van der Waals surface area (Å²) in [5, 5.41) is 8.10. The van der Waals surface area contributed by atoms with Gasteiger partial charge >= 0.3 is 0 Å². The molecule has 1 amide bonds. The van der Waals surface area contributed by atoms with Crippen molar-refractivity contribution in [3.8, 4) is 10.6 Å². The Morgan fingerprint density at radius 3 is 2.62 bits per heavy atom. The second kappa shape index (κ2) is 9.90. The molecule has 34 heavy (non-hydrogen) atoms. The molecule has 0 aliphatic carbocycles. The summed E-state index contributed by atoms with van der Waals surface area (Å²) in [6.45, 7) is 7.06. The largest absolute Gasteiger partial charge is 0.348 e. The van der Waals surface area contributed by atoms with Crippen molar-refractivity contribution in [1.29, 1.82) is 0 Å². The Morgan fingerprint density at radius 1 is 1.15 bits per heavy atom. The minimum atomic E-state index is -0.00708. The van der Waals surface area contributed by atoms with Gasteiger partial charge < -0.3 is 14.8 Å². The van der Waals surface area contributed by atoms with Crippen LogP contribution in [0.4, 0.5) is 0 Å². The molecule has 1 aliphatic heterocycles. The van der Waals surface area contributed by atoms with Crippen LogP contribution in [0.25, 0.3) is 21.5 Å². The summed E-state index contributed by atoms with van der Waals surface area (Å²) >= 11 is 7.64. The van der Waals surface area contributed by atoms with Gasteiger partial charge in [-0.05, 0) is 51.0 Å². The molecule has 176 valence electrons. The molecule has 0 radical (unpaired) electrons. The number of hydrogen-bond donors (Lipinski definition) is 1. The van der Waals surface area contributed by atoms with Crippen LogP contribution in [0, 0.1) is 0 Å². The van der Waals surface area contributed by atoms with Gasteiger partial charge in [0.15, 0.2) is 0 Å². The Morgan fingerprint density at radius 2 is 1.88 bits per heavy atom. The predicted octanol–water partition coefficient (Wildman–Crippen LogP) is 6.07. The van der Waals surface area contributed by atoms with E-state index in [0.717, 1.165) is 53.1 Å². The van der Waals surface area contributed by atoms with E-state index in [4.69, 9.17) is 16.6 Å². The van der Waals surface area contributed by atoms with Gasteiger partial charge in [-0.3, -0.25) is 4.79 Å². The van der Waals surface area contributed by atoms with Crippen LogP contribution in [0.1, 0.15) is 42.9 Å². The summed E-state index contributed by atoms with van der Waals surface area (Å²) in [5.41, 5.74) is 3.72. The lowest BCUT2D eigenvalue weighted by Crippen LogP contribution is -2.46. The van der Waals surface area contributed by atoms with Gasteiger partial charge in [-0.2, -0.15) is 0 Å². The van der Waals surface area contributed by atoms with Gasteiger partial charge in [0.1, 0.15) is 10.7 Å². The van der Waals surface area contributed by atoms with Gasteiger partial charge in [0.05, 0.1) is 12.2 Å². The molecule has 3 heterocycles. The standard InChI is InChI=1S/C27H29ClN4OS/c1-18(2)31-13-11-22(12-14-31)29-26(33)25-15-20-5-3-4-6-24(20)32(25)16-23-17-34-27(30-23)19-7-9-21(28)10-8-19/h3-10,15,17-18,22H,11-14,16H2,1-2H3,(H,29,33). The Labute approximate surface area is 209 Å². The summed E-state index contributed by atoms with van der Waals surface area (Å²) in [6, 6.07) is 18.7. The number of nitrogens with zero attached hydrogens (tertiary/aromatic N) is 3. The molecule has 4 aromatic rings. The molecule has 2 aromatic heterocycles.